The smallest absolute Gasteiger partial charge is 0.261 e. The van der Waals surface area contributed by atoms with Crippen LogP contribution in [0.15, 0.2) is 41.3 Å². The van der Waals surface area contributed by atoms with Gasteiger partial charge < -0.3 is 4.74 Å². The lowest BCUT2D eigenvalue weighted by molar-refractivity contribution is 0.411. The van der Waals surface area contributed by atoms with Gasteiger partial charge in [0.2, 0.25) is 0 Å². The first-order valence-electron chi connectivity index (χ1n) is 5.95. The van der Waals surface area contributed by atoms with Gasteiger partial charge in [-0.1, -0.05) is 23.2 Å². The molecule has 0 unspecified atom stereocenters. The highest BCUT2D eigenvalue weighted by Gasteiger charge is 2.16. The van der Waals surface area contributed by atoms with Crippen LogP contribution in [0, 0.1) is 6.92 Å². The fourth-order valence-electron chi connectivity index (χ4n) is 1.84. The van der Waals surface area contributed by atoms with Crippen LogP contribution >= 0.6 is 23.2 Å². The number of nitrogens with one attached hydrogen (secondary N) is 1. The van der Waals surface area contributed by atoms with Crippen molar-refractivity contribution >= 4 is 38.9 Å². The van der Waals surface area contributed by atoms with Crippen molar-refractivity contribution < 1.29 is 13.2 Å². The van der Waals surface area contributed by atoms with Gasteiger partial charge in [-0.15, -0.1) is 0 Å². The molecule has 0 saturated heterocycles. The Morgan fingerprint density at radius 2 is 1.67 bits per heavy atom. The molecule has 2 aromatic rings. The van der Waals surface area contributed by atoms with E-state index in [2.05, 4.69) is 4.72 Å². The molecular formula is C14H13Cl2NO3S. The molecule has 0 aliphatic heterocycles. The highest BCUT2D eigenvalue weighted by Crippen LogP contribution is 2.26. The molecule has 0 heterocycles. The van der Waals surface area contributed by atoms with E-state index in [-0.39, 0.29) is 4.90 Å². The topological polar surface area (TPSA) is 55.4 Å². The molecule has 7 heteroatoms. The lowest BCUT2D eigenvalue weighted by atomic mass is 10.2. The second kappa shape index (κ2) is 6.13. The van der Waals surface area contributed by atoms with Crippen molar-refractivity contribution in [1.29, 1.82) is 0 Å². The van der Waals surface area contributed by atoms with Crippen LogP contribution in [0.2, 0.25) is 10.0 Å². The van der Waals surface area contributed by atoms with E-state index < -0.39 is 10.0 Å². The molecule has 0 fully saturated rings. The highest BCUT2D eigenvalue weighted by molar-refractivity contribution is 7.92. The molecule has 0 bridgehead atoms. The summed E-state index contributed by atoms with van der Waals surface area (Å²) < 4.78 is 32.2. The van der Waals surface area contributed by atoms with E-state index in [0.29, 0.717) is 21.5 Å². The van der Waals surface area contributed by atoms with E-state index in [1.54, 1.807) is 13.0 Å². The molecule has 0 aliphatic rings. The SMILES string of the molecule is COc1ccc(S(=O)(=O)Nc2cc(Cl)cc(Cl)c2)cc1C. The summed E-state index contributed by atoms with van der Waals surface area (Å²) >= 11 is 11.7. The molecule has 0 spiro atoms. The van der Waals surface area contributed by atoms with Gasteiger partial charge in [0.1, 0.15) is 5.75 Å². The summed E-state index contributed by atoms with van der Waals surface area (Å²) in [7, 11) is -2.19. The minimum Gasteiger partial charge on any atom is -0.496 e. The Kier molecular flexibility index (Phi) is 4.66. The quantitative estimate of drug-likeness (QED) is 0.906. The van der Waals surface area contributed by atoms with Crippen molar-refractivity contribution in [3.8, 4) is 5.75 Å². The van der Waals surface area contributed by atoms with Crippen molar-refractivity contribution in [2.45, 2.75) is 11.8 Å². The molecule has 0 saturated carbocycles. The largest absolute Gasteiger partial charge is 0.496 e. The zero-order chi connectivity index (χ0) is 15.6. The molecule has 0 atom stereocenters. The maximum Gasteiger partial charge on any atom is 0.261 e. The van der Waals surface area contributed by atoms with E-state index >= 15 is 0 Å². The minimum atomic E-state index is -3.72. The summed E-state index contributed by atoms with van der Waals surface area (Å²) in [6.45, 7) is 1.77. The van der Waals surface area contributed by atoms with Gasteiger partial charge in [0, 0.05) is 10.0 Å². The maximum absolute atomic E-state index is 12.3. The first kappa shape index (κ1) is 15.9. The number of aryl methyl sites for hydroxylation is 1. The van der Waals surface area contributed by atoms with Crippen LogP contribution in [-0.2, 0) is 10.0 Å². The summed E-state index contributed by atoms with van der Waals surface area (Å²) in [5, 5.41) is 0.706. The number of hydrogen-bond acceptors (Lipinski definition) is 3. The lowest BCUT2D eigenvalue weighted by Gasteiger charge is -2.11. The number of halogens is 2. The van der Waals surface area contributed by atoms with Gasteiger partial charge in [0.25, 0.3) is 10.0 Å². The summed E-state index contributed by atoms with van der Waals surface area (Å²) in [5.74, 6) is 0.625. The molecule has 1 N–H and O–H groups in total. The van der Waals surface area contributed by atoms with E-state index in [0.717, 1.165) is 5.56 Å². The Bertz CT molecular complexity index is 756. The van der Waals surface area contributed by atoms with Gasteiger partial charge >= 0.3 is 0 Å². The fourth-order valence-corrected chi connectivity index (χ4v) is 3.50. The number of benzene rings is 2. The van der Waals surface area contributed by atoms with Crippen molar-refractivity contribution in [2.75, 3.05) is 11.8 Å². The number of methoxy groups -OCH3 is 1. The molecule has 21 heavy (non-hydrogen) atoms. The Morgan fingerprint density at radius 3 is 2.19 bits per heavy atom. The van der Waals surface area contributed by atoms with Gasteiger partial charge in [0.15, 0.2) is 0 Å². The van der Waals surface area contributed by atoms with Crippen LogP contribution in [0.3, 0.4) is 0 Å². The number of hydrogen-bond donors (Lipinski definition) is 1. The first-order valence-corrected chi connectivity index (χ1v) is 8.19. The Hall–Kier alpha value is -1.43. The van der Waals surface area contributed by atoms with Crippen LogP contribution in [0.4, 0.5) is 5.69 Å². The molecule has 0 aliphatic carbocycles. The molecule has 2 aromatic carbocycles. The zero-order valence-electron chi connectivity index (χ0n) is 11.4. The predicted molar refractivity (Wildman–Crippen MR) is 85.0 cm³/mol. The fraction of sp³-hybridized carbons (Fsp3) is 0.143. The lowest BCUT2D eigenvalue weighted by Crippen LogP contribution is -2.13. The molecule has 112 valence electrons. The van der Waals surface area contributed by atoms with Crippen molar-refractivity contribution in [2.24, 2.45) is 0 Å². The van der Waals surface area contributed by atoms with Crippen molar-refractivity contribution in [3.05, 3.63) is 52.0 Å². The average Bonchev–Trinajstić information content (AvgIpc) is 2.36. The van der Waals surface area contributed by atoms with Crippen LogP contribution < -0.4 is 9.46 Å². The standard InChI is InChI=1S/C14H13Cl2NO3S/c1-9-5-13(3-4-14(9)20-2)21(18,19)17-12-7-10(15)6-11(16)8-12/h3-8,17H,1-2H3. The first-order chi connectivity index (χ1) is 9.81. The van der Waals surface area contributed by atoms with E-state index in [1.165, 1.54) is 37.4 Å². The zero-order valence-corrected chi connectivity index (χ0v) is 13.7. The summed E-state index contributed by atoms with van der Waals surface area (Å²) in [6, 6.07) is 9.11. The van der Waals surface area contributed by atoms with E-state index in [1.807, 2.05) is 0 Å². The molecular weight excluding hydrogens is 333 g/mol. The molecule has 0 aromatic heterocycles. The van der Waals surface area contributed by atoms with Gasteiger partial charge in [0.05, 0.1) is 17.7 Å². The Balaban J connectivity index is 2.36. The number of rotatable bonds is 4. The Labute approximate surface area is 133 Å². The van der Waals surface area contributed by atoms with Crippen LogP contribution in [-0.4, -0.2) is 15.5 Å². The maximum atomic E-state index is 12.3. The summed E-state index contributed by atoms with van der Waals surface area (Å²) in [5.41, 5.74) is 1.03. The molecule has 0 radical (unpaired) electrons. The Morgan fingerprint density at radius 1 is 1.05 bits per heavy atom. The minimum absolute atomic E-state index is 0.136. The number of anilines is 1. The van der Waals surface area contributed by atoms with Crippen molar-refractivity contribution in [1.82, 2.24) is 0 Å². The summed E-state index contributed by atoms with van der Waals surface area (Å²) in [6.07, 6.45) is 0. The van der Waals surface area contributed by atoms with E-state index in [9.17, 15) is 8.42 Å². The second-order valence-corrected chi connectivity index (χ2v) is 6.95. The predicted octanol–water partition coefficient (Wildman–Crippen LogP) is 4.11. The third kappa shape index (κ3) is 3.81. The second-order valence-electron chi connectivity index (χ2n) is 4.40. The normalized spacial score (nSPS) is 11.2. The average molecular weight is 346 g/mol. The third-order valence-electron chi connectivity index (χ3n) is 2.79. The van der Waals surface area contributed by atoms with Crippen LogP contribution in [0.25, 0.3) is 0 Å². The van der Waals surface area contributed by atoms with Crippen molar-refractivity contribution in [3.63, 3.8) is 0 Å². The molecule has 4 nitrogen and oxygen atoms in total. The third-order valence-corrected chi connectivity index (χ3v) is 4.61. The van der Waals surface area contributed by atoms with Gasteiger partial charge in [-0.25, -0.2) is 8.42 Å². The van der Waals surface area contributed by atoms with E-state index in [4.69, 9.17) is 27.9 Å². The van der Waals surface area contributed by atoms with Crippen LogP contribution in [0.5, 0.6) is 5.75 Å². The number of sulfonamides is 1. The van der Waals surface area contributed by atoms with Crippen LogP contribution in [0.1, 0.15) is 5.56 Å². The number of ether oxygens (including phenoxy) is 1. The van der Waals surface area contributed by atoms with Gasteiger partial charge in [-0.2, -0.15) is 0 Å². The van der Waals surface area contributed by atoms with Gasteiger partial charge in [-0.05, 0) is 48.9 Å². The monoisotopic (exact) mass is 345 g/mol. The summed E-state index contributed by atoms with van der Waals surface area (Å²) in [4.78, 5) is 0.136. The van der Waals surface area contributed by atoms with Gasteiger partial charge in [-0.3, -0.25) is 4.72 Å². The molecule has 2 rings (SSSR count). The molecule has 0 amide bonds. The highest BCUT2D eigenvalue weighted by atomic mass is 35.5.